The first-order chi connectivity index (χ1) is 6.99. The Balaban J connectivity index is 2.48. The molecule has 4 nitrogen and oxygen atoms in total. The van der Waals surface area contributed by atoms with E-state index >= 15 is 0 Å². The summed E-state index contributed by atoms with van der Waals surface area (Å²) in [7, 11) is -3.21. The Morgan fingerprint density at radius 3 is 2.47 bits per heavy atom. The van der Waals surface area contributed by atoms with Gasteiger partial charge >= 0.3 is 0 Å². The average molecular weight is 234 g/mol. The molecule has 2 atom stereocenters. The van der Waals surface area contributed by atoms with Crippen molar-refractivity contribution >= 4 is 10.0 Å². The molecule has 1 aliphatic rings. The molecule has 5 heteroatoms. The Hall–Kier alpha value is -0.130. The molecule has 0 saturated heterocycles. The summed E-state index contributed by atoms with van der Waals surface area (Å²) in [5.41, 5.74) is 5.37. The highest BCUT2D eigenvalue weighted by Gasteiger charge is 2.28. The first kappa shape index (κ1) is 12.9. The van der Waals surface area contributed by atoms with E-state index < -0.39 is 15.3 Å². The summed E-state index contributed by atoms with van der Waals surface area (Å²) < 4.78 is 26.2. The highest BCUT2D eigenvalue weighted by atomic mass is 32.2. The van der Waals surface area contributed by atoms with Crippen LogP contribution in [-0.2, 0) is 10.0 Å². The van der Waals surface area contributed by atoms with Gasteiger partial charge in [-0.15, -0.1) is 0 Å². The molecule has 0 bridgehead atoms. The second-order valence-corrected chi connectivity index (χ2v) is 6.62. The van der Waals surface area contributed by atoms with E-state index in [0.717, 1.165) is 18.8 Å². The van der Waals surface area contributed by atoms with E-state index in [1.807, 2.05) is 6.92 Å². The molecule has 3 N–H and O–H groups in total. The first-order valence-corrected chi connectivity index (χ1v) is 7.25. The van der Waals surface area contributed by atoms with Gasteiger partial charge in [-0.1, -0.05) is 19.8 Å². The zero-order valence-electron chi connectivity index (χ0n) is 9.57. The molecular formula is C10H22N2O2S. The lowest BCUT2D eigenvalue weighted by Crippen LogP contribution is -2.42. The monoisotopic (exact) mass is 234 g/mol. The third-order valence-electron chi connectivity index (χ3n) is 3.00. The lowest BCUT2D eigenvalue weighted by atomic mass is 10.1. The first-order valence-electron chi connectivity index (χ1n) is 5.70. The Kier molecular flexibility index (Phi) is 4.55. The third-order valence-corrected chi connectivity index (χ3v) is 4.91. The molecule has 0 radical (unpaired) electrons. The van der Waals surface area contributed by atoms with Crippen molar-refractivity contribution in [2.75, 3.05) is 6.54 Å². The van der Waals surface area contributed by atoms with Gasteiger partial charge in [-0.25, -0.2) is 13.1 Å². The minimum atomic E-state index is -3.21. The molecule has 1 saturated carbocycles. The van der Waals surface area contributed by atoms with Crippen LogP contribution in [0.25, 0.3) is 0 Å². The van der Waals surface area contributed by atoms with Gasteiger partial charge in [0.15, 0.2) is 0 Å². The summed E-state index contributed by atoms with van der Waals surface area (Å²) >= 11 is 0. The van der Waals surface area contributed by atoms with Crippen LogP contribution in [0.15, 0.2) is 0 Å². The van der Waals surface area contributed by atoms with Crippen molar-refractivity contribution in [3.8, 4) is 0 Å². The molecule has 2 unspecified atom stereocenters. The van der Waals surface area contributed by atoms with Gasteiger partial charge < -0.3 is 5.73 Å². The van der Waals surface area contributed by atoms with Crippen molar-refractivity contribution < 1.29 is 8.42 Å². The molecule has 1 aliphatic carbocycles. The smallest absolute Gasteiger partial charge is 0.215 e. The summed E-state index contributed by atoms with van der Waals surface area (Å²) in [6.07, 6.45) is 4.34. The maximum Gasteiger partial charge on any atom is 0.215 e. The van der Waals surface area contributed by atoms with Crippen LogP contribution >= 0.6 is 0 Å². The van der Waals surface area contributed by atoms with E-state index in [1.165, 1.54) is 12.8 Å². The topological polar surface area (TPSA) is 72.2 Å². The van der Waals surface area contributed by atoms with Crippen molar-refractivity contribution in [2.45, 2.75) is 50.8 Å². The highest BCUT2D eigenvalue weighted by Crippen LogP contribution is 2.34. The Labute approximate surface area is 92.7 Å². The van der Waals surface area contributed by atoms with Crippen LogP contribution in [0.4, 0.5) is 0 Å². The predicted molar refractivity (Wildman–Crippen MR) is 62.0 cm³/mol. The molecule has 15 heavy (non-hydrogen) atoms. The third kappa shape index (κ3) is 4.09. The summed E-state index contributed by atoms with van der Waals surface area (Å²) in [5, 5.41) is -0.495. The SMILES string of the molecule is CCC(CC1CC1)NS(=O)(=O)C(C)CN. The molecule has 0 amide bonds. The summed E-state index contributed by atoms with van der Waals surface area (Å²) in [4.78, 5) is 0. The number of hydrogen-bond acceptors (Lipinski definition) is 3. The van der Waals surface area contributed by atoms with Crippen LogP contribution in [-0.4, -0.2) is 26.3 Å². The van der Waals surface area contributed by atoms with Crippen molar-refractivity contribution in [3.05, 3.63) is 0 Å². The highest BCUT2D eigenvalue weighted by molar-refractivity contribution is 7.90. The maximum absolute atomic E-state index is 11.7. The van der Waals surface area contributed by atoms with Gasteiger partial charge in [0.05, 0.1) is 5.25 Å². The van der Waals surface area contributed by atoms with Crippen LogP contribution in [0.2, 0.25) is 0 Å². The number of nitrogens with one attached hydrogen (secondary N) is 1. The van der Waals surface area contributed by atoms with Crippen molar-refractivity contribution in [3.63, 3.8) is 0 Å². The van der Waals surface area contributed by atoms with E-state index in [1.54, 1.807) is 6.92 Å². The van der Waals surface area contributed by atoms with Crippen LogP contribution < -0.4 is 10.5 Å². The molecule has 0 aromatic carbocycles. The van der Waals surface area contributed by atoms with Crippen molar-refractivity contribution in [2.24, 2.45) is 11.7 Å². The second-order valence-electron chi connectivity index (χ2n) is 4.49. The molecule has 0 spiro atoms. The van der Waals surface area contributed by atoms with Crippen LogP contribution in [0.1, 0.15) is 39.5 Å². The molecule has 90 valence electrons. The number of nitrogens with two attached hydrogens (primary N) is 1. The van der Waals surface area contributed by atoms with Crippen molar-refractivity contribution in [1.82, 2.24) is 4.72 Å². The fourth-order valence-corrected chi connectivity index (χ4v) is 2.74. The Morgan fingerprint density at radius 2 is 2.07 bits per heavy atom. The second kappa shape index (κ2) is 5.27. The van der Waals surface area contributed by atoms with Crippen LogP contribution in [0.3, 0.4) is 0 Å². The predicted octanol–water partition coefficient (Wildman–Crippen LogP) is 0.832. The summed E-state index contributed by atoms with van der Waals surface area (Å²) in [6, 6.07) is 0.0940. The van der Waals surface area contributed by atoms with E-state index in [4.69, 9.17) is 5.73 Å². The van der Waals surface area contributed by atoms with Gasteiger partial charge in [-0.2, -0.15) is 0 Å². The lowest BCUT2D eigenvalue weighted by molar-refractivity contribution is 0.490. The standard InChI is InChI=1S/C10H22N2O2S/c1-3-10(6-9-4-5-9)12-15(13,14)8(2)7-11/h8-10,12H,3-7,11H2,1-2H3. The average Bonchev–Trinajstić information content (AvgIpc) is 2.98. The molecule has 0 aliphatic heterocycles. The number of sulfonamides is 1. The minimum Gasteiger partial charge on any atom is -0.329 e. The fraction of sp³-hybridized carbons (Fsp3) is 1.00. The summed E-state index contributed by atoms with van der Waals surface area (Å²) in [5.74, 6) is 0.742. The molecule has 0 aromatic heterocycles. The van der Waals surface area contributed by atoms with E-state index in [-0.39, 0.29) is 12.6 Å². The zero-order valence-corrected chi connectivity index (χ0v) is 10.4. The maximum atomic E-state index is 11.7. The van der Waals surface area contributed by atoms with E-state index in [2.05, 4.69) is 4.72 Å². The van der Waals surface area contributed by atoms with Gasteiger partial charge in [0.2, 0.25) is 10.0 Å². The normalized spacial score (nSPS) is 21.3. The van der Waals surface area contributed by atoms with Gasteiger partial charge in [-0.3, -0.25) is 0 Å². The largest absolute Gasteiger partial charge is 0.329 e. The number of rotatable bonds is 7. The lowest BCUT2D eigenvalue weighted by Gasteiger charge is -2.19. The van der Waals surface area contributed by atoms with E-state index in [0.29, 0.717) is 0 Å². The van der Waals surface area contributed by atoms with Gasteiger partial charge in [0.1, 0.15) is 0 Å². The molecule has 1 rings (SSSR count). The van der Waals surface area contributed by atoms with Gasteiger partial charge in [0.25, 0.3) is 0 Å². The fourth-order valence-electron chi connectivity index (χ4n) is 1.53. The molecule has 1 fully saturated rings. The van der Waals surface area contributed by atoms with Gasteiger partial charge in [0, 0.05) is 12.6 Å². The van der Waals surface area contributed by atoms with E-state index in [9.17, 15) is 8.42 Å². The quantitative estimate of drug-likeness (QED) is 0.685. The summed E-state index contributed by atoms with van der Waals surface area (Å²) in [6.45, 7) is 3.84. The molecular weight excluding hydrogens is 212 g/mol. The van der Waals surface area contributed by atoms with Crippen molar-refractivity contribution in [1.29, 1.82) is 0 Å². The minimum absolute atomic E-state index is 0.0940. The van der Waals surface area contributed by atoms with Gasteiger partial charge in [-0.05, 0) is 25.7 Å². The Morgan fingerprint density at radius 1 is 1.47 bits per heavy atom. The van der Waals surface area contributed by atoms with Crippen LogP contribution in [0, 0.1) is 5.92 Å². The number of hydrogen-bond donors (Lipinski definition) is 2. The molecule has 0 aromatic rings. The molecule has 0 heterocycles. The zero-order chi connectivity index (χ0) is 11.5. The van der Waals surface area contributed by atoms with Crippen LogP contribution in [0.5, 0.6) is 0 Å². The Bertz CT molecular complexity index is 286.